The van der Waals surface area contributed by atoms with Gasteiger partial charge in [0.05, 0.1) is 6.10 Å². The first-order chi connectivity index (χ1) is 7.94. The van der Waals surface area contributed by atoms with Gasteiger partial charge < -0.3 is 5.11 Å². The molecule has 0 amide bonds. The largest absolute Gasteiger partial charge is 0.392 e. The molecule has 4 aliphatic rings. The van der Waals surface area contributed by atoms with Crippen LogP contribution in [0.3, 0.4) is 0 Å². The first-order valence-corrected chi connectivity index (χ1v) is 7.31. The van der Waals surface area contributed by atoms with Gasteiger partial charge in [0.1, 0.15) is 0 Å². The van der Waals surface area contributed by atoms with Crippen LogP contribution < -0.4 is 0 Å². The molecule has 1 N–H and O–H groups in total. The Morgan fingerprint density at radius 2 is 1.94 bits per heavy atom. The SMILES string of the molecule is CC1(C)[C@H]2[C@H]3C=C[C@@H]4CCC[C@@]42[C@@H](O)[C@@]1(C)C3. The van der Waals surface area contributed by atoms with Crippen LogP contribution in [0.1, 0.15) is 46.5 Å². The average molecular weight is 232 g/mol. The normalized spacial score (nSPS) is 61.9. The van der Waals surface area contributed by atoms with Crippen molar-refractivity contribution in [2.45, 2.75) is 52.6 Å². The molecular formula is C16H24O. The third kappa shape index (κ3) is 0.827. The van der Waals surface area contributed by atoms with Crippen LogP contribution in [0.2, 0.25) is 0 Å². The van der Waals surface area contributed by atoms with E-state index in [-0.39, 0.29) is 16.9 Å². The number of hydrogen-bond acceptors (Lipinski definition) is 1. The third-order valence-corrected chi connectivity index (χ3v) is 7.43. The van der Waals surface area contributed by atoms with Crippen molar-refractivity contribution in [2.75, 3.05) is 0 Å². The van der Waals surface area contributed by atoms with E-state index in [1.54, 1.807) is 0 Å². The smallest absolute Gasteiger partial charge is 0.0664 e. The molecule has 3 fully saturated rings. The van der Waals surface area contributed by atoms with Crippen molar-refractivity contribution in [2.24, 2.45) is 34.0 Å². The molecule has 1 spiro atoms. The van der Waals surface area contributed by atoms with Crippen LogP contribution in [0.15, 0.2) is 12.2 Å². The molecule has 0 saturated heterocycles. The fourth-order valence-corrected chi connectivity index (χ4v) is 6.60. The van der Waals surface area contributed by atoms with Crippen LogP contribution in [0.25, 0.3) is 0 Å². The van der Waals surface area contributed by atoms with Crippen molar-refractivity contribution in [1.82, 2.24) is 0 Å². The van der Waals surface area contributed by atoms with E-state index < -0.39 is 0 Å². The zero-order valence-electron chi connectivity index (χ0n) is 11.2. The summed E-state index contributed by atoms with van der Waals surface area (Å²) in [7, 11) is 0. The molecule has 4 rings (SSSR count). The third-order valence-electron chi connectivity index (χ3n) is 7.43. The van der Waals surface area contributed by atoms with Gasteiger partial charge in [-0.2, -0.15) is 0 Å². The molecule has 94 valence electrons. The molecule has 0 aromatic rings. The Kier molecular flexibility index (Phi) is 1.66. The van der Waals surface area contributed by atoms with Crippen molar-refractivity contribution in [3.63, 3.8) is 0 Å². The van der Waals surface area contributed by atoms with E-state index in [2.05, 4.69) is 32.9 Å². The lowest BCUT2D eigenvalue weighted by atomic mass is 9.56. The molecule has 2 bridgehead atoms. The van der Waals surface area contributed by atoms with E-state index in [1.165, 1.54) is 25.7 Å². The van der Waals surface area contributed by atoms with Gasteiger partial charge in [-0.3, -0.25) is 0 Å². The van der Waals surface area contributed by atoms with Gasteiger partial charge >= 0.3 is 0 Å². The number of fused-ring (bicyclic) bond motifs is 1. The van der Waals surface area contributed by atoms with Gasteiger partial charge in [-0.05, 0) is 42.4 Å². The van der Waals surface area contributed by atoms with Gasteiger partial charge in [-0.15, -0.1) is 0 Å². The molecule has 0 aromatic carbocycles. The maximum atomic E-state index is 11.1. The fraction of sp³-hybridized carbons (Fsp3) is 0.875. The zero-order chi connectivity index (χ0) is 12.1. The predicted molar refractivity (Wildman–Crippen MR) is 68.4 cm³/mol. The Morgan fingerprint density at radius 1 is 1.18 bits per heavy atom. The molecule has 0 aliphatic heterocycles. The lowest BCUT2D eigenvalue weighted by molar-refractivity contribution is -0.0848. The van der Waals surface area contributed by atoms with Gasteiger partial charge in [0.25, 0.3) is 0 Å². The van der Waals surface area contributed by atoms with Crippen molar-refractivity contribution in [1.29, 1.82) is 0 Å². The Hall–Kier alpha value is -0.300. The Labute approximate surface area is 104 Å². The first-order valence-electron chi connectivity index (χ1n) is 7.31. The summed E-state index contributed by atoms with van der Waals surface area (Å²) in [5.74, 6) is 2.14. The quantitative estimate of drug-likeness (QED) is 0.635. The number of allylic oxidation sites excluding steroid dienone is 2. The molecule has 1 nitrogen and oxygen atoms in total. The maximum Gasteiger partial charge on any atom is 0.0664 e. The van der Waals surface area contributed by atoms with E-state index in [1.807, 2.05) is 0 Å². The molecule has 0 heterocycles. The summed E-state index contributed by atoms with van der Waals surface area (Å²) in [6.45, 7) is 7.20. The minimum Gasteiger partial charge on any atom is -0.392 e. The first kappa shape index (κ1) is 10.6. The molecule has 6 atom stereocenters. The summed E-state index contributed by atoms with van der Waals surface area (Å²) in [4.78, 5) is 0. The highest BCUT2D eigenvalue weighted by molar-refractivity contribution is 5.31. The number of aliphatic hydroxyl groups excluding tert-OH is 1. The van der Waals surface area contributed by atoms with Crippen LogP contribution in [-0.2, 0) is 0 Å². The van der Waals surface area contributed by atoms with Crippen molar-refractivity contribution in [3.05, 3.63) is 12.2 Å². The van der Waals surface area contributed by atoms with E-state index in [0.29, 0.717) is 11.3 Å². The average Bonchev–Trinajstić information content (AvgIpc) is 2.80. The van der Waals surface area contributed by atoms with E-state index >= 15 is 0 Å². The molecule has 3 saturated carbocycles. The zero-order valence-corrected chi connectivity index (χ0v) is 11.2. The molecule has 4 aliphatic carbocycles. The fourth-order valence-electron chi connectivity index (χ4n) is 6.60. The van der Waals surface area contributed by atoms with Gasteiger partial charge in [-0.1, -0.05) is 39.3 Å². The monoisotopic (exact) mass is 232 g/mol. The minimum absolute atomic E-state index is 0.0660. The molecule has 0 radical (unpaired) electrons. The van der Waals surface area contributed by atoms with Crippen LogP contribution in [-0.4, -0.2) is 11.2 Å². The standard InChI is InChI=1S/C16H24O/c1-14(2)12-10-6-7-11-5-4-8-16(11,12)13(17)15(14,3)9-10/h6-7,10-13,17H,4-5,8-9H2,1-3H3/t10-,11-,12+,13-,15+,16+/m0/s1. The van der Waals surface area contributed by atoms with E-state index in [9.17, 15) is 5.11 Å². The number of aliphatic hydroxyl groups is 1. The van der Waals surface area contributed by atoms with Crippen LogP contribution in [0.4, 0.5) is 0 Å². The second kappa shape index (κ2) is 2.66. The van der Waals surface area contributed by atoms with Crippen molar-refractivity contribution >= 4 is 0 Å². The second-order valence-corrected chi connectivity index (χ2v) is 7.88. The van der Waals surface area contributed by atoms with E-state index in [4.69, 9.17) is 0 Å². The van der Waals surface area contributed by atoms with Crippen molar-refractivity contribution < 1.29 is 5.11 Å². The summed E-state index contributed by atoms with van der Waals surface area (Å²) in [6.07, 6.45) is 9.99. The van der Waals surface area contributed by atoms with Crippen LogP contribution in [0, 0.1) is 34.0 Å². The minimum atomic E-state index is -0.0660. The lowest BCUT2D eigenvalue weighted by Crippen LogP contribution is -2.50. The highest BCUT2D eigenvalue weighted by atomic mass is 16.3. The van der Waals surface area contributed by atoms with Crippen molar-refractivity contribution in [3.8, 4) is 0 Å². The Bertz CT molecular complexity index is 410. The van der Waals surface area contributed by atoms with Gasteiger partial charge in [0.15, 0.2) is 0 Å². The lowest BCUT2D eigenvalue weighted by Gasteiger charge is -2.50. The van der Waals surface area contributed by atoms with Gasteiger partial charge in [0.2, 0.25) is 0 Å². The van der Waals surface area contributed by atoms with Gasteiger partial charge in [-0.25, -0.2) is 0 Å². The highest BCUT2D eigenvalue weighted by Gasteiger charge is 2.77. The summed E-state index contributed by atoms with van der Waals surface area (Å²) in [5, 5.41) is 11.1. The number of hydrogen-bond donors (Lipinski definition) is 1. The summed E-state index contributed by atoms with van der Waals surface area (Å²) in [5.41, 5.74) is 0.704. The maximum absolute atomic E-state index is 11.1. The summed E-state index contributed by atoms with van der Waals surface area (Å²) >= 11 is 0. The van der Waals surface area contributed by atoms with Crippen LogP contribution in [0.5, 0.6) is 0 Å². The van der Waals surface area contributed by atoms with E-state index in [0.717, 1.165) is 11.8 Å². The predicted octanol–water partition coefficient (Wildman–Crippen LogP) is 3.39. The molecule has 0 aromatic heterocycles. The topological polar surface area (TPSA) is 20.2 Å². The van der Waals surface area contributed by atoms with Crippen LogP contribution >= 0.6 is 0 Å². The number of rotatable bonds is 0. The summed E-state index contributed by atoms with van der Waals surface area (Å²) in [6, 6.07) is 0. The Morgan fingerprint density at radius 3 is 2.65 bits per heavy atom. The molecular weight excluding hydrogens is 208 g/mol. The molecule has 0 unspecified atom stereocenters. The van der Waals surface area contributed by atoms with Gasteiger partial charge in [0, 0.05) is 10.8 Å². The summed E-state index contributed by atoms with van der Waals surface area (Å²) < 4.78 is 0. The highest BCUT2D eigenvalue weighted by Crippen LogP contribution is 2.79. The molecule has 17 heavy (non-hydrogen) atoms. The Balaban J connectivity index is 1.98. The second-order valence-electron chi connectivity index (χ2n) is 7.88. The molecule has 1 heteroatoms.